The van der Waals surface area contributed by atoms with Crippen molar-refractivity contribution >= 4 is 19.9 Å². The van der Waals surface area contributed by atoms with Gasteiger partial charge in [0.15, 0.2) is 0 Å². The van der Waals surface area contributed by atoms with E-state index in [1.807, 2.05) is 0 Å². The second-order valence-corrected chi connectivity index (χ2v) is 5.27. The Hall–Kier alpha value is -0.273. The summed E-state index contributed by atoms with van der Waals surface area (Å²) in [5, 5.41) is 0. The van der Waals surface area contributed by atoms with Crippen LogP contribution >= 0.6 is 11.1 Å². The fourth-order valence-electron chi connectivity index (χ4n) is 1.41. The first-order valence-electron chi connectivity index (χ1n) is 4.49. The zero-order valence-electron chi connectivity index (χ0n) is 7.46. The van der Waals surface area contributed by atoms with Crippen molar-refractivity contribution in [3.05, 3.63) is 35.9 Å². The van der Waals surface area contributed by atoms with Crippen LogP contribution in [0.25, 0.3) is 0 Å². The molecule has 0 radical (unpaired) electrons. The molecule has 0 saturated heterocycles. The monoisotopic (exact) mass is 198 g/mol. The molecule has 1 aromatic carbocycles. The zero-order valence-corrected chi connectivity index (χ0v) is 9.63. The van der Waals surface area contributed by atoms with E-state index >= 15 is 0 Å². The molecule has 0 heterocycles. The van der Waals surface area contributed by atoms with Gasteiger partial charge >= 0.3 is 0 Å². The van der Waals surface area contributed by atoms with Gasteiger partial charge in [0.1, 0.15) is 8.83 Å². The molecule has 0 aliphatic carbocycles. The molecular weight excluding hydrogens is 184 g/mol. The summed E-state index contributed by atoms with van der Waals surface area (Å²) in [5.74, 6) is 0. The summed E-state index contributed by atoms with van der Waals surface area (Å²) in [6, 6.07) is 10.6. The zero-order chi connectivity index (χ0) is 8.81. The van der Waals surface area contributed by atoms with Gasteiger partial charge in [-0.1, -0.05) is 43.7 Å². The molecule has 0 N–H and O–H groups in total. The molecule has 66 valence electrons. The van der Waals surface area contributed by atoms with E-state index < -0.39 is 8.83 Å². The van der Waals surface area contributed by atoms with Gasteiger partial charge in [0.2, 0.25) is 0 Å². The van der Waals surface area contributed by atoms with Crippen molar-refractivity contribution in [2.75, 3.05) is 0 Å². The van der Waals surface area contributed by atoms with Crippen LogP contribution in [0.2, 0.25) is 0 Å². The van der Waals surface area contributed by atoms with Crippen molar-refractivity contribution in [2.24, 2.45) is 0 Å². The van der Waals surface area contributed by atoms with E-state index in [-0.39, 0.29) is 0 Å². The Morgan fingerprint density at radius 1 is 1.33 bits per heavy atom. The lowest BCUT2D eigenvalue weighted by Crippen LogP contribution is -2.02. The summed E-state index contributed by atoms with van der Waals surface area (Å²) in [6.45, 7) is 2.22. The minimum atomic E-state index is -0.409. The summed E-state index contributed by atoms with van der Waals surface area (Å²) >= 11 is 6.02. The van der Waals surface area contributed by atoms with Crippen molar-refractivity contribution in [1.29, 1.82) is 0 Å². The average Bonchev–Trinajstić information content (AvgIpc) is 2.15. The minimum absolute atomic E-state index is 0.409. The Morgan fingerprint density at radius 3 is 2.50 bits per heavy atom. The van der Waals surface area contributed by atoms with Gasteiger partial charge < -0.3 is 0 Å². The number of rotatable bonds is 4. The third-order valence-electron chi connectivity index (χ3n) is 2.09. The maximum Gasteiger partial charge on any atom is 0.132 e. The Bertz CT molecular complexity index is 210. The van der Waals surface area contributed by atoms with Gasteiger partial charge in [-0.15, -0.1) is 0 Å². The Balaban J connectivity index is 2.66. The number of halogens is 1. The molecule has 0 amide bonds. The predicted octanol–water partition coefficient (Wildman–Crippen LogP) is 2.85. The SMILES string of the molecule is CCCC([SiH2]Cl)c1ccccc1. The molecule has 1 unspecified atom stereocenters. The lowest BCUT2D eigenvalue weighted by Gasteiger charge is -2.11. The summed E-state index contributed by atoms with van der Waals surface area (Å²) in [4.78, 5) is 0. The lowest BCUT2D eigenvalue weighted by atomic mass is 10.1. The highest BCUT2D eigenvalue weighted by Crippen LogP contribution is 2.20. The summed E-state index contributed by atoms with van der Waals surface area (Å²) < 4.78 is 0. The second-order valence-electron chi connectivity index (χ2n) is 3.05. The topological polar surface area (TPSA) is 0 Å². The van der Waals surface area contributed by atoms with Gasteiger partial charge in [0.25, 0.3) is 0 Å². The maximum atomic E-state index is 6.02. The first-order valence-corrected chi connectivity index (χ1v) is 7.44. The van der Waals surface area contributed by atoms with Crippen molar-refractivity contribution in [3.8, 4) is 0 Å². The van der Waals surface area contributed by atoms with Crippen molar-refractivity contribution in [2.45, 2.75) is 25.3 Å². The van der Waals surface area contributed by atoms with Gasteiger partial charge in [-0.2, -0.15) is 11.1 Å². The largest absolute Gasteiger partial charge is 0.176 e. The van der Waals surface area contributed by atoms with E-state index in [9.17, 15) is 0 Å². The summed E-state index contributed by atoms with van der Waals surface area (Å²) in [7, 11) is -0.409. The van der Waals surface area contributed by atoms with Crippen LogP contribution in [0.5, 0.6) is 0 Å². The molecular formula is C10H15ClSi. The van der Waals surface area contributed by atoms with E-state index in [1.54, 1.807) is 0 Å². The number of hydrogen-bond donors (Lipinski definition) is 0. The molecule has 12 heavy (non-hydrogen) atoms. The van der Waals surface area contributed by atoms with E-state index in [4.69, 9.17) is 11.1 Å². The van der Waals surface area contributed by atoms with Crippen LogP contribution in [0.1, 0.15) is 30.9 Å². The lowest BCUT2D eigenvalue weighted by molar-refractivity contribution is 0.767. The first-order chi connectivity index (χ1) is 5.88. The quantitative estimate of drug-likeness (QED) is 0.516. The van der Waals surface area contributed by atoms with Crippen molar-refractivity contribution in [3.63, 3.8) is 0 Å². The van der Waals surface area contributed by atoms with E-state index in [0.29, 0.717) is 5.54 Å². The fraction of sp³-hybridized carbons (Fsp3) is 0.400. The highest BCUT2D eigenvalue weighted by molar-refractivity contribution is 6.94. The van der Waals surface area contributed by atoms with Gasteiger partial charge in [0, 0.05) is 0 Å². The summed E-state index contributed by atoms with van der Waals surface area (Å²) in [6.07, 6.45) is 2.49. The minimum Gasteiger partial charge on any atom is -0.176 e. The third-order valence-corrected chi connectivity index (χ3v) is 4.46. The smallest absolute Gasteiger partial charge is 0.132 e. The van der Waals surface area contributed by atoms with Crippen LogP contribution in [-0.4, -0.2) is 8.83 Å². The van der Waals surface area contributed by atoms with Crippen molar-refractivity contribution in [1.82, 2.24) is 0 Å². The molecule has 0 nitrogen and oxygen atoms in total. The molecule has 0 saturated carbocycles. The molecule has 1 aromatic rings. The predicted molar refractivity (Wildman–Crippen MR) is 58.5 cm³/mol. The Labute approximate surface area is 81.5 Å². The Kier molecular flexibility index (Phi) is 4.40. The fourth-order valence-corrected chi connectivity index (χ4v) is 3.42. The van der Waals surface area contributed by atoms with Crippen LogP contribution < -0.4 is 0 Å². The standard InChI is InChI=1S/C10H15ClSi/c1-2-6-10(12-11)9-7-4-3-5-8-9/h3-5,7-8,10H,2,6,12H2,1H3. The highest BCUT2D eigenvalue weighted by Gasteiger charge is 2.08. The maximum absolute atomic E-state index is 6.02. The van der Waals surface area contributed by atoms with E-state index in [0.717, 1.165) is 0 Å². The van der Waals surface area contributed by atoms with E-state index in [1.165, 1.54) is 18.4 Å². The molecule has 1 atom stereocenters. The van der Waals surface area contributed by atoms with Crippen LogP contribution in [0.3, 0.4) is 0 Å². The van der Waals surface area contributed by atoms with Gasteiger partial charge in [-0.05, 0) is 17.5 Å². The van der Waals surface area contributed by atoms with Crippen molar-refractivity contribution < 1.29 is 0 Å². The molecule has 0 aliphatic heterocycles. The first kappa shape index (κ1) is 9.81. The van der Waals surface area contributed by atoms with Crippen LogP contribution in [0.15, 0.2) is 30.3 Å². The van der Waals surface area contributed by atoms with E-state index in [2.05, 4.69) is 37.3 Å². The third kappa shape index (κ3) is 2.65. The molecule has 1 rings (SSSR count). The van der Waals surface area contributed by atoms with Gasteiger partial charge in [-0.3, -0.25) is 0 Å². The summed E-state index contributed by atoms with van der Waals surface area (Å²) in [5.41, 5.74) is 2.11. The average molecular weight is 199 g/mol. The normalized spacial score (nSPS) is 13.8. The molecule has 0 bridgehead atoms. The molecule has 0 aliphatic rings. The number of hydrogen-bond acceptors (Lipinski definition) is 0. The highest BCUT2D eigenvalue weighted by atomic mass is 35.6. The van der Waals surface area contributed by atoms with Gasteiger partial charge in [0.05, 0.1) is 0 Å². The molecule has 0 spiro atoms. The van der Waals surface area contributed by atoms with Gasteiger partial charge in [-0.25, -0.2) is 0 Å². The van der Waals surface area contributed by atoms with Crippen LogP contribution in [0, 0.1) is 0 Å². The number of benzene rings is 1. The second kappa shape index (κ2) is 5.39. The molecule has 0 aromatic heterocycles. The van der Waals surface area contributed by atoms with Crippen LogP contribution in [-0.2, 0) is 0 Å². The van der Waals surface area contributed by atoms with Crippen LogP contribution in [0.4, 0.5) is 0 Å². The Morgan fingerprint density at radius 2 is 2.00 bits per heavy atom. The molecule has 0 fully saturated rings. The molecule has 2 heteroatoms.